The van der Waals surface area contributed by atoms with E-state index in [0.717, 1.165) is 16.5 Å². The van der Waals surface area contributed by atoms with Crippen molar-refractivity contribution in [3.63, 3.8) is 0 Å². The van der Waals surface area contributed by atoms with Crippen LogP contribution in [0.15, 0.2) is 18.2 Å². The van der Waals surface area contributed by atoms with E-state index in [2.05, 4.69) is 15.0 Å². The van der Waals surface area contributed by atoms with Crippen LogP contribution in [0.2, 0.25) is 0 Å². The van der Waals surface area contributed by atoms with Gasteiger partial charge in [-0.05, 0) is 43.5 Å². The fourth-order valence-corrected chi connectivity index (χ4v) is 3.92. The first-order chi connectivity index (χ1) is 15.7. The lowest BCUT2D eigenvalue weighted by Gasteiger charge is -2.20. The minimum Gasteiger partial charge on any atom is -0.497 e. The third-order valence-corrected chi connectivity index (χ3v) is 5.66. The Balaban J connectivity index is 0.00000122. The van der Waals surface area contributed by atoms with E-state index < -0.39 is 24.0 Å². The maximum Gasteiger partial charge on any atom is 0.325 e. The SMILES string of the molecule is COC(=O)CN(C)C(=O)[C@H]1C[C@H](NC(=O)c2[nH]c3ccc(OC)cc3c2C)[C@@H](O)C1.O=CO. The van der Waals surface area contributed by atoms with Crippen molar-refractivity contribution in [3.8, 4) is 5.75 Å². The van der Waals surface area contributed by atoms with Gasteiger partial charge < -0.3 is 34.9 Å². The predicted octanol–water partition coefficient (Wildman–Crippen LogP) is 0.686. The van der Waals surface area contributed by atoms with Gasteiger partial charge in [-0.3, -0.25) is 19.2 Å². The van der Waals surface area contributed by atoms with Crippen molar-refractivity contribution in [3.05, 3.63) is 29.5 Å². The number of aromatic nitrogens is 1. The van der Waals surface area contributed by atoms with Crippen LogP contribution in [0.1, 0.15) is 28.9 Å². The van der Waals surface area contributed by atoms with Gasteiger partial charge in [0.15, 0.2) is 0 Å². The number of hydrogen-bond donors (Lipinski definition) is 4. The number of nitrogens with zero attached hydrogens (tertiary/aromatic N) is 1. The van der Waals surface area contributed by atoms with Gasteiger partial charge in [0.1, 0.15) is 18.0 Å². The Morgan fingerprint density at radius 1 is 1.27 bits per heavy atom. The van der Waals surface area contributed by atoms with Crippen LogP contribution in [0.5, 0.6) is 5.75 Å². The Hall–Kier alpha value is -3.60. The maximum absolute atomic E-state index is 12.8. The molecule has 1 heterocycles. The summed E-state index contributed by atoms with van der Waals surface area (Å²) in [5.41, 5.74) is 1.99. The van der Waals surface area contributed by atoms with Crippen LogP contribution < -0.4 is 10.1 Å². The molecule has 4 N–H and O–H groups in total. The van der Waals surface area contributed by atoms with Crippen LogP contribution in [0.25, 0.3) is 10.9 Å². The highest BCUT2D eigenvalue weighted by atomic mass is 16.5. The number of rotatable bonds is 6. The number of benzene rings is 1. The minimum absolute atomic E-state index is 0.156. The van der Waals surface area contributed by atoms with Gasteiger partial charge in [-0.1, -0.05) is 0 Å². The third kappa shape index (κ3) is 6.01. The molecular formula is C22H29N3O8. The topological polar surface area (TPSA) is 158 Å². The number of hydrogen-bond acceptors (Lipinski definition) is 7. The van der Waals surface area contributed by atoms with E-state index in [1.54, 1.807) is 7.11 Å². The number of methoxy groups -OCH3 is 2. The molecular weight excluding hydrogens is 434 g/mol. The lowest BCUT2D eigenvalue weighted by molar-refractivity contribution is -0.147. The number of aryl methyl sites for hydroxylation is 1. The number of H-pyrrole nitrogens is 1. The maximum atomic E-state index is 12.8. The van der Waals surface area contributed by atoms with E-state index >= 15 is 0 Å². The lowest BCUT2D eigenvalue weighted by atomic mass is 10.1. The summed E-state index contributed by atoms with van der Waals surface area (Å²) in [4.78, 5) is 49.5. The first-order valence-electron chi connectivity index (χ1n) is 10.2. The Labute approximate surface area is 190 Å². The van der Waals surface area contributed by atoms with Crippen molar-refractivity contribution >= 4 is 35.2 Å². The molecule has 2 aromatic rings. The number of aliphatic hydroxyl groups is 1. The number of ether oxygens (including phenoxy) is 2. The van der Waals surface area contributed by atoms with Gasteiger partial charge in [0.2, 0.25) is 5.91 Å². The zero-order valence-electron chi connectivity index (χ0n) is 19.0. The van der Waals surface area contributed by atoms with E-state index in [1.165, 1.54) is 19.1 Å². The first kappa shape index (κ1) is 25.7. The summed E-state index contributed by atoms with van der Waals surface area (Å²) < 4.78 is 9.82. The van der Waals surface area contributed by atoms with Gasteiger partial charge >= 0.3 is 5.97 Å². The van der Waals surface area contributed by atoms with Gasteiger partial charge in [-0.2, -0.15) is 0 Å². The standard InChI is InChI=1S/C21H27N3O6.CH2O2/c1-11-14-9-13(29-3)5-6-15(14)22-19(11)20(27)23-16-7-12(8-17(16)25)21(28)24(2)10-18(26)30-4;2-1-3/h5-6,9,12,16-17,22,25H,7-8,10H2,1-4H3,(H,23,27);1H,(H,2,3)/t12-,16-,17-;/m0./s1. The Morgan fingerprint density at radius 2 is 1.94 bits per heavy atom. The van der Waals surface area contributed by atoms with Crippen molar-refractivity contribution in [2.45, 2.75) is 31.9 Å². The van der Waals surface area contributed by atoms with Crippen LogP contribution in [-0.2, 0) is 19.1 Å². The molecule has 0 radical (unpaired) electrons. The van der Waals surface area contributed by atoms with Crippen molar-refractivity contribution in [2.75, 3.05) is 27.8 Å². The number of carboxylic acid groups (broad SMARTS) is 1. The molecule has 180 valence electrons. The smallest absolute Gasteiger partial charge is 0.325 e. The van der Waals surface area contributed by atoms with Crippen LogP contribution in [0.3, 0.4) is 0 Å². The van der Waals surface area contributed by atoms with Crippen molar-refractivity contribution in [1.29, 1.82) is 0 Å². The molecule has 11 nitrogen and oxygen atoms in total. The number of carbonyl (C=O) groups excluding carboxylic acids is 3. The predicted molar refractivity (Wildman–Crippen MR) is 118 cm³/mol. The highest BCUT2D eigenvalue weighted by Gasteiger charge is 2.39. The largest absolute Gasteiger partial charge is 0.497 e. The van der Waals surface area contributed by atoms with Crippen molar-refractivity contribution < 1.29 is 38.9 Å². The van der Waals surface area contributed by atoms with Gasteiger partial charge in [0, 0.05) is 23.9 Å². The molecule has 3 rings (SSSR count). The monoisotopic (exact) mass is 463 g/mol. The number of likely N-dealkylation sites (N-methyl/N-ethyl adjacent to an activating group) is 1. The Morgan fingerprint density at radius 3 is 2.55 bits per heavy atom. The summed E-state index contributed by atoms with van der Waals surface area (Å²) in [5, 5.41) is 21.0. The molecule has 2 amide bonds. The van der Waals surface area contributed by atoms with Crippen LogP contribution in [0, 0.1) is 12.8 Å². The number of esters is 1. The summed E-state index contributed by atoms with van der Waals surface area (Å²) >= 11 is 0. The van der Waals surface area contributed by atoms with Gasteiger partial charge in [0.05, 0.1) is 26.4 Å². The molecule has 33 heavy (non-hydrogen) atoms. The molecule has 1 fully saturated rings. The Bertz CT molecular complexity index is 1020. The highest BCUT2D eigenvalue weighted by molar-refractivity contribution is 6.01. The van der Waals surface area contributed by atoms with E-state index in [-0.39, 0.29) is 31.3 Å². The molecule has 1 aliphatic carbocycles. The number of aromatic amines is 1. The normalized spacial score (nSPS) is 19.2. The van der Waals surface area contributed by atoms with Gasteiger partial charge in [-0.15, -0.1) is 0 Å². The summed E-state index contributed by atoms with van der Waals surface area (Å²) in [5.74, 6) is -0.902. The molecule has 1 aromatic heterocycles. The van der Waals surface area contributed by atoms with Crippen molar-refractivity contribution in [1.82, 2.24) is 15.2 Å². The molecule has 1 saturated carbocycles. The summed E-state index contributed by atoms with van der Waals surface area (Å²) in [6, 6.07) is 4.95. The molecule has 0 spiro atoms. The van der Waals surface area contributed by atoms with E-state index in [9.17, 15) is 19.5 Å². The number of carbonyl (C=O) groups is 4. The molecule has 1 aromatic carbocycles. The number of amides is 2. The summed E-state index contributed by atoms with van der Waals surface area (Å²) in [6.45, 7) is 1.43. The fourth-order valence-electron chi connectivity index (χ4n) is 3.92. The lowest BCUT2D eigenvalue weighted by Crippen LogP contribution is -2.40. The van der Waals surface area contributed by atoms with Crippen LogP contribution >= 0.6 is 0 Å². The van der Waals surface area contributed by atoms with Gasteiger partial charge in [-0.25, -0.2) is 0 Å². The van der Waals surface area contributed by atoms with Crippen LogP contribution in [-0.4, -0.2) is 84.3 Å². The van der Waals surface area contributed by atoms with E-state index in [0.29, 0.717) is 17.9 Å². The quantitative estimate of drug-likeness (QED) is 0.360. The Kier molecular flexibility index (Phi) is 8.80. The average Bonchev–Trinajstić information content (AvgIpc) is 3.32. The number of aliphatic hydroxyl groups excluding tert-OH is 1. The fraction of sp³-hybridized carbons (Fsp3) is 0.455. The molecule has 0 unspecified atom stereocenters. The minimum atomic E-state index is -0.848. The molecule has 3 atom stereocenters. The highest BCUT2D eigenvalue weighted by Crippen LogP contribution is 2.29. The van der Waals surface area contributed by atoms with E-state index in [4.69, 9.17) is 14.6 Å². The first-order valence-corrected chi connectivity index (χ1v) is 10.2. The zero-order chi connectivity index (χ0) is 24.7. The molecule has 0 aliphatic heterocycles. The number of fused-ring (bicyclic) bond motifs is 1. The second-order valence-electron chi connectivity index (χ2n) is 7.73. The molecule has 0 saturated heterocycles. The summed E-state index contributed by atoms with van der Waals surface area (Å²) in [7, 11) is 4.35. The van der Waals surface area contributed by atoms with Crippen molar-refractivity contribution in [2.24, 2.45) is 5.92 Å². The zero-order valence-corrected chi connectivity index (χ0v) is 19.0. The molecule has 0 bridgehead atoms. The summed E-state index contributed by atoms with van der Waals surface area (Å²) in [6.07, 6.45) is -0.332. The second kappa shape index (κ2) is 11.3. The molecule has 11 heteroatoms. The third-order valence-electron chi connectivity index (χ3n) is 5.66. The molecule has 1 aliphatic rings. The average molecular weight is 463 g/mol. The number of nitrogens with one attached hydrogen (secondary N) is 2. The van der Waals surface area contributed by atoms with E-state index in [1.807, 2.05) is 25.1 Å². The van der Waals surface area contributed by atoms with Crippen LogP contribution in [0.4, 0.5) is 0 Å². The second-order valence-corrected chi connectivity index (χ2v) is 7.73. The van der Waals surface area contributed by atoms with Gasteiger partial charge in [0.25, 0.3) is 12.4 Å².